The summed E-state index contributed by atoms with van der Waals surface area (Å²) in [6, 6.07) is 6.24. The first-order chi connectivity index (χ1) is 8.06. The van der Waals surface area contributed by atoms with Crippen molar-refractivity contribution in [2.24, 2.45) is 0 Å². The maximum absolute atomic E-state index is 11.3. The lowest BCUT2D eigenvalue weighted by Gasteiger charge is -2.04. The number of carbonyl (C=O) groups excluding carboxylic acids is 1. The Labute approximate surface area is 102 Å². The molecule has 0 fully saturated rings. The third kappa shape index (κ3) is 6.06. The SMILES string of the molecule is CCNC(=O)c1cccc(B(O)O)c1.CNC. The van der Waals surface area contributed by atoms with Crippen LogP contribution in [-0.4, -0.2) is 43.7 Å². The highest BCUT2D eigenvalue weighted by Gasteiger charge is 2.12. The van der Waals surface area contributed by atoms with Crippen molar-refractivity contribution in [3.8, 4) is 0 Å². The van der Waals surface area contributed by atoms with Gasteiger partial charge in [0.2, 0.25) is 0 Å². The number of hydrogen-bond acceptors (Lipinski definition) is 4. The Bertz CT molecular complexity index is 345. The van der Waals surface area contributed by atoms with Crippen LogP contribution < -0.4 is 16.1 Å². The molecule has 0 atom stereocenters. The fourth-order valence-corrected chi connectivity index (χ4v) is 1.10. The highest BCUT2D eigenvalue weighted by atomic mass is 16.4. The summed E-state index contributed by atoms with van der Waals surface area (Å²) in [7, 11) is 2.21. The standard InChI is InChI=1S/C9H12BNO3.C2H7N/c1-2-11-9(12)7-4-3-5-8(6-7)10(13)14;1-3-2/h3-6,13-14H,2H2,1H3,(H,11,12);3H,1-2H3. The van der Waals surface area contributed by atoms with Crippen LogP contribution in [0.2, 0.25) is 0 Å². The quantitative estimate of drug-likeness (QED) is 0.506. The van der Waals surface area contributed by atoms with Crippen LogP contribution >= 0.6 is 0 Å². The fourth-order valence-electron chi connectivity index (χ4n) is 1.10. The van der Waals surface area contributed by atoms with Gasteiger partial charge in [0.1, 0.15) is 0 Å². The van der Waals surface area contributed by atoms with Crippen LogP contribution in [0.25, 0.3) is 0 Å². The van der Waals surface area contributed by atoms with E-state index in [1.165, 1.54) is 6.07 Å². The van der Waals surface area contributed by atoms with Gasteiger partial charge < -0.3 is 20.7 Å². The van der Waals surface area contributed by atoms with Gasteiger partial charge in [0, 0.05) is 12.1 Å². The highest BCUT2D eigenvalue weighted by molar-refractivity contribution is 6.58. The zero-order chi connectivity index (χ0) is 13.3. The normalized spacial score (nSPS) is 9.00. The first kappa shape index (κ1) is 15.6. The van der Waals surface area contributed by atoms with Crippen molar-refractivity contribution in [1.29, 1.82) is 0 Å². The second kappa shape index (κ2) is 8.75. The smallest absolute Gasteiger partial charge is 0.423 e. The predicted molar refractivity (Wildman–Crippen MR) is 69.3 cm³/mol. The van der Waals surface area contributed by atoms with Crippen LogP contribution in [0.3, 0.4) is 0 Å². The van der Waals surface area contributed by atoms with Gasteiger partial charge in [0.15, 0.2) is 0 Å². The summed E-state index contributed by atoms with van der Waals surface area (Å²) < 4.78 is 0. The Morgan fingerprint density at radius 3 is 2.41 bits per heavy atom. The Hall–Kier alpha value is -1.37. The molecule has 0 saturated carbocycles. The van der Waals surface area contributed by atoms with E-state index in [-0.39, 0.29) is 5.91 Å². The molecule has 0 saturated heterocycles. The summed E-state index contributed by atoms with van der Waals surface area (Å²) in [5.74, 6) is -0.213. The van der Waals surface area contributed by atoms with Gasteiger partial charge in [-0.15, -0.1) is 0 Å². The number of amides is 1. The molecule has 5 nitrogen and oxygen atoms in total. The molecule has 0 aliphatic rings. The molecule has 1 rings (SSSR count). The van der Waals surface area contributed by atoms with Gasteiger partial charge in [-0.2, -0.15) is 0 Å². The molecule has 0 spiro atoms. The van der Waals surface area contributed by atoms with Crippen molar-refractivity contribution in [3.05, 3.63) is 29.8 Å². The van der Waals surface area contributed by atoms with Crippen LogP contribution in [0.1, 0.15) is 17.3 Å². The van der Waals surface area contributed by atoms with Crippen molar-refractivity contribution < 1.29 is 14.8 Å². The molecule has 0 unspecified atom stereocenters. The maximum Gasteiger partial charge on any atom is 0.488 e. The molecule has 6 heteroatoms. The molecule has 94 valence electrons. The van der Waals surface area contributed by atoms with Crippen molar-refractivity contribution >= 4 is 18.5 Å². The van der Waals surface area contributed by atoms with Gasteiger partial charge in [-0.05, 0) is 38.6 Å². The van der Waals surface area contributed by atoms with Gasteiger partial charge in [-0.1, -0.05) is 12.1 Å². The minimum absolute atomic E-state index is 0.213. The first-order valence-corrected chi connectivity index (χ1v) is 5.39. The van der Waals surface area contributed by atoms with E-state index in [0.29, 0.717) is 17.6 Å². The highest BCUT2D eigenvalue weighted by Crippen LogP contribution is 1.96. The molecule has 1 aromatic carbocycles. The lowest BCUT2D eigenvalue weighted by Crippen LogP contribution is -2.31. The van der Waals surface area contributed by atoms with Crippen LogP contribution in [0, 0.1) is 0 Å². The van der Waals surface area contributed by atoms with Crippen LogP contribution in [0.4, 0.5) is 0 Å². The summed E-state index contributed by atoms with van der Waals surface area (Å²) in [6.07, 6.45) is 0. The van der Waals surface area contributed by atoms with Gasteiger partial charge in [-0.3, -0.25) is 4.79 Å². The van der Waals surface area contributed by atoms with Gasteiger partial charge in [0.25, 0.3) is 5.91 Å². The predicted octanol–water partition coefficient (Wildman–Crippen LogP) is -1.05. The Balaban J connectivity index is 0.000000770. The second-order valence-corrected chi connectivity index (χ2v) is 3.36. The van der Waals surface area contributed by atoms with E-state index in [9.17, 15) is 4.79 Å². The molecule has 17 heavy (non-hydrogen) atoms. The minimum atomic E-state index is -1.54. The van der Waals surface area contributed by atoms with Crippen molar-refractivity contribution in [2.75, 3.05) is 20.6 Å². The number of nitrogens with one attached hydrogen (secondary N) is 2. The van der Waals surface area contributed by atoms with Crippen LogP contribution in [-0.2, 0) is 0 Å². The topological polar surface area (TPSA) is 81.6 Å². The van der Waals surface area contributed by atoms with Crippen LogP contribution in [0.5, 0.6) is 0 Å². The van der Waals surface area contributed by atoms with E-state index >= 15 is 0 Å². The fraction of sp³-hybridized carbons (Fsp3) is 0.364. The molecule has 4 N–H and O–H groups in total. The molecular weight excluding hydrogens is 219 g/mol. The molecule has 0 aliphatic carbocycles. The molecule has 1 aromatic rings. The van der Waals surface area contributed by atoms with Crippen molar-refractivity contribution in [2.45, 2.75) is 6.92 Å². The molecule has 0 aromatic heterocycles. The Kier molecular flexibility index (Phi) is 8.05. The molecule has 0 aliphatic heterocycles. The number of rotatable bonds is 3. The number of carbonyl (C=O) groups is 1. The van der Waals surface area contributed by atoms with Gasteiger partial charge in [-0.25, -0.2) is 0 Å². The van der Waals surface area contributed by atoms with Gasteiger partial charge >= 0.3 is 7.12 Å². The van der Waals surface area contributed by atoms with E-state index in [1.54, 1.807) is 18.2 Å². The van der Waals surface area contributed by atoms with E-state index in [4.69, 9.17) is 10.0 Å². The van der Waals surface area contributed by atoms with E-state index in [2.05, 4.69) is 10.6 Å². The molecule has 0 bridgehead atoms. The van der Waals surface area contributed by atoms with Gasteiger partial charge in [0.05, 0.1) is 0 Å². The van der Waals surface area contributed by atoms with E-state index in [1.807, 2.05) is 21.0 Å². The number of benzene rings is 1. The zero-order valence-electron chi connectivity index (χ0n) is 10.4. The Morgan fingerprint density at radius 1 is 1.35 bits per heavy atom. The second-order valence-electron chi connectivity index (χ2n) is 3.36. The maximum atomic E-state index is 11.3. The van der Waals surface area contributed by atoms with Crippen molar-refractivity contribution in [1.82, 2.24) is 10.6 Å². The average Bonchev–Trinajstić information content (AvgIpc) is 2.30. The largest absolute Gasteiger partial charge is 0.488 e. The van der Waals surface area contributed by atoms with E-state index in [0.717, 1.165) is 0 Å². The first-order valence-electron chi connectivity index (χ1n) is 5.39. The molecule has 1 amide bonds. The zero-order valence-corrected chi connectivity index (χ0v) is 10.4. The molecule has 0 heterocycles. The summed E-state index contributed by atoms with van der Waals surface area (Å²) in [5.41, 5.74) is 0.742. The third-order valence-corrected chi connectivity index (χ3v) is 1.78. The van der Waals surface area contributed by atoms with E-state index < -0.39 is 7.12 Å². The summed E-state index contributed by atoms with van der Waals surface area (Å²) >= 11 is 0. The number of hydrogen-bond donors (Lipinski definition) is 4. The minimum Gasteiger partial charge on any atom is -0.423 e. The summed E-state index contributed by atoms with van der Waals surface area (Å²) in [6.45, 7) is 2.37. The summed E-state index contributed by atoms with van der Waals surface area (Å²) in [5, 5.41) is 23.1. The lowest BCUT2D eigenvalue weighted by atomic mass is 9.79. The molecular formula is C11H19BN2O3. The summed E-state index contributed by atoms with van der Waals surface area (Å²) in [4.78, 5) is 11.3. The van der Waals surface area contributed by atoms with Crippen LogP contribution in [0.15, 0.2) is 24.3 Å². The molecule has 0 radical (unpaired) electrons. The Morgan fingerprint density at radius 2 is 1.94 bits per heavy atom. The lowest BCUT2D eigenvalue weighted by molar-refractivity contribution is 0.0956. The van der Waals surface area contributed by atoms with Crippen molar-refractivity contribution in [3.63, 3.8) is 0 Å². The third-order valence-electron chi connectivity index (χ3n) is 1.78. The average molecular weight is 238 g/mol. The monoisotopic (exact) mass is 238 g/mol.